The molecule has 4 heterocycles. The van der Waals surface area contributed by atoms with Crippen molar-refractivity contribution in [3.8, 4) is 0 Å². The lowest BCUT2D eigenvalue weighted by Gasteiger charge is -2.34. The molecule has 0 saturated carbocycles. The van der Waals surface area contributed by atoms with Gasteiger partial charge in [-0.3, -0.25) is 4.90 Å². The first kappa shape index (κ1) is 27.6. The molecule has 212 valence electrons. The number of likely N-dealkylation sites (tertiary alicyclic amines) is 2. The molecule has 1 spiro atoms. The van der Waals surface area contributed by atoms with Gasteiger partial charge in [-0.15, -0.1) is 0 Å². The maximum absolute atomic E-state index is 12.8. The molecule has 0 bridgehead atoms. The minimum Gasteiger partial charge on any atom is -0.426 e. The van der Waals surface area contributed by atoms with E-state index in [0.717, 1.165) is 61.7 Å². The fraction of sp³-hybridized carbons (Fsp3) is 0.720. The molecule has 4 fully saturated rings. The van der Waals surface area contributed by atoms with Crippen molar-refractivity contribution in [2.24, 2.45) is 17.3 Å². The Morgan fingerprint density at radius 2 is 1.66 bits per heavy atom. The fourth-order valence-electron chi connectivity index (χ4n) is 6.42. The van der Waals surface area contributed by atoms with Crippen LogP contribution in [0.4, 0.5) is 36.8 Å². The Labute approximate surface area is 221 Å². The molecule has 4 saturated heterocycles. The van der Waals surface area contributed by atoms with Crippen LogP contribution in [0.25, 0.3) is 0 Å². The van der Waals surface area contributed by atoms with Crippen LogP contribution in [-0.4, -0.2) is 86.8 Å². The van der Waals surface area contributed by atoms with Crippen molar-refractivity contribution in [1.29, 1.82) is 0 Å². The van der Waals surface area contributed by atoms with Crippen molar-refractivity contribution < 1.29 is 40.6 Å². The Hall–Kier alpha value is -1.92. The van der Waals surface area contributed by atoms with Crippen molar-refractivity contribution in [2.45, 2.75) is 44.3 Å². The minimum atomic E-state index is -5.73. The Balaban J connectivity index is 1.19. The number of carbonyl (C=O) groups excluding carboxylic acids is 1. The van der Waals surface area contributed by atoms with Gasteiger partial charge in [0, 0.05) is 69.7 Å². The van der Waals surface area contributed by atoms with E-state index in [0.29, 0.717) is 24.7 Å². The van der Waals surface area contributed by atoms with Crippen LogP contribution in [-0.2, 0) is 16.0 Å². The number of amides is 1. The summed E-state index contributed by atoms with van der Waals surface area (Å²) in [6.45, 7) is 5.38. The first-order chi connectivity index (χ1) is 17.8. The van der Waals surface area contributed by atoms with E-state index in [-0.39, 0.29) is 30.3 Å². The molecule has 13 heteroatoms. The molecule has 4 aliphatic heterocycles. The molecule has 0 N–H and O–H groups in total. The van der Waals surface area contributed by atoms with Gasteiger partial charge in [-0.1, -0.05) is 17.7 Å². The number of hydrogen-bond acceptors (Lipinski definition) is 5. The largest absolute Gasteiger partial charge is 0.434 e. The standard InChI is InChI=1S/C25H30ClF6N3O3/c26-19-2-1-16(20(9-19)34-6-3-23(15-34)4-7-37-8-5-23)10-33-11-17-13-35(14-18(17)12-33)22(36)38-21(24(27,28)29)25(30,31)32/h1-2,9,17-18,21H,3-8,10-15H2. The van der Waals surface area contributed by atoms with Crippen LogP contribution in [0.2, 0.25) is 5.02 Å². The van der Waals surface area contributed by atoms with E-state index in [9.17, 15) is 31.1 Å². The van der Waals surface area contributed by atoms with Gasteiger partial charge in [-0.05, 0) is 54.2 Å². The second kappa shape index (κ2) is 10.2. The second-order valence-electron chi connectivity index (χ2n) is 11.0. The number of alkyl halides is 6. The number of rotatable bonds is 4. The molecule has 6 nitrogen and oxygen atoms in total. The molecule has 2 atom stereocenters. The molecule has 0 aliphatic carbocycles. The van der Waals surface area contributed by atoms with Crippen LogP contribution in [0.3, 0.4) is 0 Å². The highest BCUT2D eigenvalue weighted by molar-refractivity contribution is 6.30. The van der Waals surface area contributed by atoms with Gasteiger partial charge in [0.25, 0.3) is 6.10 Å². The highest BCUT2D eigenvalue weighted by atomic mass is 35.5. The first-order valence-corrected chi connectivity index (χ1v) is 13.1. The summed E-state index contributed by atoms with van der Waals surface area (Å²) >= 11 is 6.35. The number of hydrogen-bond donors (Lipinski definition) is 0. The third-order valence-electron chi connectivity index (χ3n) is 8.41. The van der Waals surface area contributed by atoms with Gasteiger partial charge in [0.1, 0.15) is 0 Å². The van der Waals surface area contributed by atoms with Gasteiger partial charge in [0.15, 0.2) is 0 Å². The molecule has 2 unspecified atom stereocenters. The van der Waals surface area contributed by atoms with E-state index in [2.05, 4.69) is 14.5 Å². The molecule has 38 heavy (non-hydrogen) atoms. The van der Waals surface area contributed by atoms with Crippen molar-refractivity contribution in [1.82, 2.24) is 9.80 Å². The molecule has 1 aromatic rings. The lowest BCUT2D eigenvalue weighted by molar-refractivity contribution is -0.308. The maximum Gasteiger partial charge on any atom is 0.434 e. The van der Waals surface area contributed by atoms with Crippen molar-refractivity contribution in [3.63, 3.8) is 0 Å². The van der Waals surface area contributed by atoms with Crippen LogP contribution in [0.15, 0.2) is 18.2 Å². The minimum absolute atomic E-state index is 0.0502. The van der Waals surface area contributed by atoms with Gasteiger partial charge >= 0.3 is 18.4 Å². The molecule has 0 aromatic heterocycles. The van der Waals surface area contributed by atoms with Crippen molar-refractivity contribution >= 4 is 23.4 Å². The molecule has 1 aromatic carbocycles. The molecular weight excluding hydrogens is 540 g/mol. The van der Waals surface area contributed by atoms with E-state index in [1.807, 2.05) is 18.2 Å². The average Bonchev–Trinajstić information content (AvgIpc) is 3.51. The maximum atomic E-state index is 12.8. The number of anilines is 1. The predicted octanol–water partition coefficient (Wildman–Crippen LogP) is 5.34. The van der Waals surface area contributed by atoms with Gasteiger partial charge in [-0.2, -0.15) is 26.3 Å². The Bertz CT molecular complexity index is 1000. The molecule has 0 radical (unpaired) electrons. The van der Waals surface area contributed by atoms with Crippen molar-refractivity contribution in [3.05, 3.63) is 28.8 Å². The number of halogens is 7. The first-order valence-electron chi connectivity index (χ1n) is 12.8. The zero-order valence-electron chi connectivity index (χ0n) is 20.7. The monoisotopic (exact) mass is 569 g/mol. The van der Waals surface area contributed by atoms with Crippen LogP contribution in [0.1, 0.15) is 24.8 Å². The van der Waals surface area contributed by atoms with E-state index >= 15 is 0 Å². The third kappa shape index (κ3) is 5.82. The molecule has 4 aliphatic rings. The van der Waals surface area contributed by atoms with Crippen LogP contribution in [0.5, 0.6) is 0 Å². The smallest absolute Gasteiger partial charge is 0.426 e. The van der Waals surface area contributed by atoms with Gasteiger partial charge in [-0.25, -0.2) is 4.79 Å². The summed E-state index contributed by atoms with van der Waals surface area (Å²) in [6, 6.07) is 5.85. The summed E-state index contributed by atoms with van der Waals surface area (Å²) in [5.41, 5.74) is 2.47. The van der Waals surface area contributed by atoms with Crippen LogP contribution < -0.4 is 4.90 Å². The van der Waals surface area contributed by atoms with E-state index in [1.165, 1.54) is 0 Å². The topological polar surface area (TPSA) is 45.2 Å². The molecule has 1 amide bonds. The Morgan fingerprint density at radius 3 is 2.26 bits per heavy atom. The van der Waals surface area contributed by atoms with E-state index in [1.54, 1.807) is 0 Å². The Morgan fingerprint density at radius 1 is 1.03 bits per heavy atom. The number of ether oxygens (including phenoxy) is 2. The Kier molecular flexibility index (Phi) is 7.45. The van der Waals surface area contributed by atoms with Crippen molar-refractivity contribution in [2.75, 3.05) is 57.4 Å². The SMILES string of the molecule is O=C(OC(C(F)(F)F)C(F)(F)F)N1CC2CN(Cc3ccc(Cl)cc3N3CCC4(CCOCC4)C3)CC2C1. The van der Waals surface area contributed by atoms with Gasteiger partial charge < -0.3 is 19.3 Å². The molecule has 5 rings (SSSR count). The summed E-state index contributed by atoms with van der Waals surface area (Å²) in [5.74, 6) is -0.100. The zero-order chi connectivity index (χ0) is 27.3. The average molecular weight is 570 g/mol. The highest BCUT2D eigenvalue weighted by Crippen LogP contribution is 2.43. The van der Waals surface area contributed by atoms with Crippen LogP contribution in [0, 0.1) is 17.3 Å². The quantitative estimate of drug-likeness (QED) is 0.458. The second-order valence-corrected chi connectivity index (χ2v) is 11.5. The van der Waals surface area contributed by atoms with Crippen LogP contribution >= 0.6 is 11.6 Å². The van der Waals surface area contributed by atoms with E-state index in [4.69, 9.17) is 16.3 Å². The summed E-state index contributed by atoms with van der Waals surface area (Å²) in [7, 11) is 0. The summed E-state index contributed by atoms with van der Waals surface area (Å²) < 4.78 is 86.2. The third-order valence-corrected chi connectivity index (χ3v) is 8.64. The van der Waals surface area contributed by atoms with Gasteiger partial charge in [0.2, 0.25) is 0 Å². The summed E-state index contributed by atoms with van der Waals surface area (Å²) in [5, 5.41) is 0.653. The van der Waals surface area contributed by atoms with Gasteiger partial charge in [0.05, 0.1) is 0 Å². The lowest BCUT2D eigenvalue weighted by atomic mass is 9.80. The fourth-order valence-corrected chi connectivity index (χ4v) is 6.59. The normalized spacial score (nSPS) is 26.0. The number of nitrogens with zero attached hydrogens (tertiary/aromatic N) is 3. The highest BCUT2D eigenvalue weighted by Gasteiger charge is 2.60. The number of fused-ring (bicyclic) bond motifs is 1. The van der Waals surface area contributed by atoms with E-state index < -0.39 is 24.5 Å². The molecular formula is C25H30ClF6N3O3. The summed E-state index contributed by atoms with van der Waals surface area (Å²) in [6.07, 6.45) is -14.0. The lowest BCUT2D eigenvalue weighted by Crippen LogP contribution is -2.48. The zero-order valence-corrected chi connectivity index (χ0v) is 21.4. The predicted molar refractivity (Wildman–Crippen MR) is 127 cm³/mol. The number of carbonyl (C=O) groups is 1. The number of benzene rings is 1. The summed E-state index contributed by atoms with van der Waals surface area (Å²) in [4.78, 5) is 17.7.